The van der Waals surface area contributed by atoms with Crippen LogP contribution >= 0.6 is 11.6 Å². The average molecular weight is 261 g/mol. The highest BCUT2D eigenvalue weighted by molar-refractivity contribution is 6.29. The van der Waals surface area contributed by atoms with E-state index < -0.39 is 0 Å². The molecule has 0 amide bonds. The maximum Gasteiger partial charge on any atom is 0.223 e. The first-order valence-corrected chi connectivity index (χ1v) is 6.23. The van der Waals surface area contributed by atoms with Gasteiger partial charge in [-0.2, -0.15) is 4.98 Å². The van der Waals surface area contributed by atoms with Gasteiger partial charge in [0.2, 0.25) is 5.95 Å². The topological polar surface area (TPSA) is 55.0 Å². The molecule has 4 nitrogen and oxygen atoms in total. The monoisotopic (exact) mass is 260 g/mol. The highest BCUT2D eigenvalue weighted by Crippen LogP contribution is 2.37. The van der Waals surface area contributed by atoms with Crippen LogP contribution in [0.2, 0.25) is 5.15 Å². The number of anilines is 2. The van der Waals surface area contributed by atoms with E-state index in [9.17, 15) is 0 Å². The first kappa shape index (κ1) is 11.3. The number of aromatic nitrogens is 2. The normalized spacial score (nSPS) is 18.5. The van der Waals surface area contributed by atoms with Gasteiger partial charge in [-0.25, -0.2) is 4.98 Å². The molecule has 3 rings (SSSR count). The third kappa shape index (κ3) is 1.99. The molecule has 18 heavy (non-hydrogen) atoms. The first-order valence-electron chi connectivity index (χ1n) is 5.86. The van der Waals surface area contributed by atoms with Crippen molar-refractivity contribution >= 4 is 23.4 Å². The smallest absolute Gasteiger partial charge is 0.223 e. The summed E-state index contributed by atoms with van der Waals surface area (Å²) in [6.45, 7) is 0.965. The molecule has 1 aliphatic rings. The van der Waals surface area contributed by atoms with Crippen molar-refractivity contribution < 1.29 is 0 Å². The third-order valence-electron chi connectivity index (χ3n) is 3.20. The molecule has 1 unspecified atom stereocenters. The minimum Gasteiger partial charge on any atom is -0.368 e. The lowest BCUT2D eigenvalue weighted by molar-refractivity contribution is 0.461. The van der Waals surface area contributed by atoms with Gasteiger partial charge in [0.05, 0.1) is 6.04 Å². The van der Waals surface area contributed by atoms with E-state index in [1.807, 2.05) is 18.2 Å². The van der Waals surface area contributed by atoms with Crippen molar-refractivity contribution in [3.05, 3.63) is 47.1 Å². The molecule has 1 aliphatic heterocycles. The minimum atomic E-state index is 0.219. The maximum atomic E-state index is 5.91. The van der Waals surface area contributed by atoms with Gasteiger partial charge in [0.25, 0.3) is 0 Å². The summed E-state index contributed by atoms with van der Waals surface area (Å²) in [4.78, 5) is 10.3. The van der Waals surface area contributed by atoms with Gasteiger partial charge >= 0.3 is 0 Å². The largest absolute Gasteiger partial charge is 0.368 e. The Hall–Kier alpha value is -1.81. The van der Waals surface area contributed by atoms with Gasteiger partial charge < -0.3 is 10.6 Å². The van der Waals surface area contributed by atoms with Crippen molar-refractivity contribution in [2.75, 3.05) is 17.2 Å². The van der Waals surface area contributed by atoms with E-state index in [-0.39, 0.29) is 5.95 Å². The average Bonchev–Trinajstić information content (AvgIpc) is 2.27. The van der Waals surface area contributed by atoms with Gasteiger partial charge in [-0.15, -0.1) is 0 Å². The lowest BCUT2D eigenvalue weighted by atomic mass is 9.95. The predicted octanol–water partition coefficient (Wildman–Crippen LogP) is 2.66. The molecule has 0 aliphatic carbocycles. The summed E-state index contributed by atoms with van der Waals surface area (Å²) in [5, 5.41) is 0.385. The Morgan fingerprint density at radius 1 is 1.22 bits per heavy atom. The standard InChI is InChI=1S/C13H13ClN4/c14-11-8-12(17-13(15)16-11)18-7-6-10(18)9-4-2-1-3-5-9/h1-5,8,10H,6-7H2,(H2,15,16,17). The second-order valence-corrected chi connectivity index (χ2v) is 4.70. The minimum absolute atomic E-state index is 0.219. The van der Waals surface area contributed by atoms with Crippen LogP contribution in [0.3, 0.4) is 0 Å². The summed E-state index contributed by atoms with van der Waals surface area (Å²) in [5.41, 5.74) is 6.92. The van der Waals surface area contributed by atoms with Crippen LogP contribution in [0, 0.1) is 0 Å². The summed E-state index contributed by atoms with van der Waals surface area (Å²) in [5.74, 6) is 1.02. The van der Waals surface area contributed by atoms with Crippen LogP contribution < -0.4 is 10.6 Å². The second-order valence-electron chi connectivity index (χ2n) is 4.32. The Kier molecular flexibility index (Phi) is 2.80. The molecular weight excluding hydrogens is 248 g/mol. The van der Waals surface area contributed by atoms with Crippen molar-refractivity contribution in [2.24, 2.45) is 0 Å². The van der Waals surface area contributed by atoms with Crippen molar-refractivity contribution in [3.8, 4) is 0 Å². The zero-order valence-corrected chi connectivity index (χ0v) is 10.5. The van der Waals surface area contributed by atoms with Crippen LogP contribution in [-0.2, 0) is 0 Å². The van der Waals surface area contributed by atoms with E-state index in [1.54, 1.807) is 6.07 Å². The third-order valence-corrected chi connectivity index (χ3v) is 3.39. The Bertz CT molecular complexity index is 538. The van der Waals surface area contributed by atoms with Crippen LogP contribution in [0.5, 0.6) is 0 Å². The summed E-state index contributed by atoms with van der Waals surface area (Å²) in [6, 6.07) is 12.5. The highest BCUT2D eigenvalue weighted by atomic mass is 35.5. The van der Waals surface area contributed by atoms with Gasteiger partial charge in [0.1, 0.15) is 11.0 Å². The Morgan fingerprint density at radius 2 is 2.00 bits per heavy atom. The molecular formula is C13H13ClN4. The molecule has 2 N–H and O–H groups in total. The fourth-order valence-corrected chi connectivity index (χ4v) is 2.44. The Morgan fingerprint density at radius 3 is 2.61 bits per heavy atom. The maximum absolute atomic E-state index is 5.91. The molecule has 0 spiro atoms. The number of benzene rings is 1. The Balaban J connectivity index is 1.89. The molecule has 0 radical (unpaired) electrons. The number of nitrogens with two attached hydrogens (primary N) is 1. The fraction of sp³-hybridized carbons (Fsp3) is 0.231. The zero-order chi connectivity index (χ0) is 12.5. The van der Waals surface area contributed by atoms with E-state index in [4.69, 9.17) is 17.3 Å². The molecule has 1 atom stereocenters. The molecule has 1 fully saturated rings. The number of hydrogen-bond acceptors (Lipinski definition) is 4. The van der Waals surface area contributed by atoms with Crippen LogP contribution in [-0.4, -0.2) is 16.5 Å². The van der Waals surface area contributed by atoms with Crippen LogP contribution in [0.4, 0.5) is 11.8 Å². The fourth-order valence-electron chi connectivity index (χ4n) is 2.25. The van der Waals surface area contributed by atoms with Crippen LogP contribution in [0.15, 0.2) is 36.4 Å². The second kappa shape index (κ2) is 4.46. The van der Waals surface area contributed by atoms with Gasteiger partial charge in [-0.1, -0.05) is 41.9 Å². The van der Waals surface area contributed by atoms with E-state index >= 15 is 0 Å². The molecule has 2 aromatic rings. The summed E-state index contributed by atoms with van der Waals surface area (Å²) < 4.78 is 0. The molecule has 1 saturated heterocycles. The van der Waals surface area contributed by atoms with Gasteiger partial charge in [0, 0.05) is 12.6 Å². The van der Waals surface area contributed by atoms with Gasteiger partial charge in [-0.3, -0.25) is 0 Å². The predicted molar refractivity (Wildman–Crippen MR) is 72.6 cm³/mol. The van der Waals surface area contributed by atoms with E-state index in [0.717, 1.165) is 18.8 Å². The van der Waals surface area contributed by atoms with Crippen molar-refractivity contribution in [1.82, 2.24) is 9.97 Å². The molecule has 2 heterocycles. The van der Waals surface area contributed by atoms with Gasteiger partial charge in [-0.05, 0) is 12.0 Å². The summed E-state index contributed by atoms with van der Waals surface area (Å²) in [6.07, 6.45) is 1.12. The highest BCUT2D eigenvalue weighted by Gasteiger charge is 2.30. The number of halogens is 1. The number of rotatable bonds is 2. The lowest BCUT2D eigenvalue weighted by Gasteiger charge is -2.42. The number of nitrogen functional groups attached to an aromatic ring is 1. The number of hydrogen-bond donors (Lipinski definition) is 1. The molecule has 1 aromatic heterocycles. The molecule has 0 bridgehead atoms. The lowest BCUT2D eigenvalue weighted by Crippen LogP contribution is -2.41. The van der Waals surface area contributed by atoms with E-state index in [1.165, 1.54) is 5.56 Å². The quantitative estimate of drug-likeness (QED) is 0.844. The van der Waals surface area contributed by atoms with E-state index in [2.05, 4.69) is 27.0 Å². The SMILES string of the molecule is Nc1nc(Cl)cc(N2CCC2c2ccccc2)n1. The number of nitrogens with zero attached hydrogens (tertiary/aromatic N) is 3. The molecule has 0 saturated carbocycles. The first-order chi connectivity index (χ1) is 8.74. The zero-order valence-electron chi connectivity index (χ0n) is 9.75. The van der Waals surface area contributed by atoms with E-state index in [0.29, 0.717) is 11.2 Å². The van der Waals surface area contributed by atoms with Crippen molar-refractivity contribution in [3.63, 3.8) is 0 Å². The van der Waals surface area contributed by atoms with Crippen LogP contribution in [0.1, 0.15) is 18.0 Å². The molecule has 5 heteroatoms. The summed E-state index contributed by atoms with van der Waals surface area (Å²) in [7, 11) is 0. The molecule has 1 aromatic carbocycles. The van der Waals surface area contributed by atoms with Crippen LogP contribution in [0.25, 0.3) is 0 Å². The van der Waals surface area contributed by atoms with Crippen molar-refractivity contribution in [2.45, 2.75) is 12.5 Å². The molecule has 92 valence electrons. The summed E-state index contributed by atoms with van der Waals surface area (Å²) >= 11 is 5.91. The van der Waals surface area contributed by atoms with Crippen molar-refractivity contribution in [1.29, 1.82) is 0 Å². The van der Waals surface area contributed by atoms with Gasteiger partial charge in [0.15, 0.2) is 0 Å². The Labute approximate surface area is 110 Å².